The summed E-state index contributed by atoms with van der Waals surface area (Å²) in [5.74, 6) is -7.67. The lowest BCUT2D eigenvalue weighted by Gasteiger charge is -2.39. The van der Waals surface area contributed by atoms with Gasteiger partial charge in [-0.15, -0.1) is 0 Å². The Hall–Kier alpha value is -6.11. The number of nitrogens with zero attached hydrogens (tertiary/aromatic N) is 1. The van der Waals surface area contributed by atoms with E-state index in [0.29, 0.717) is 5.56 Å². The predicted octanol–water partition coefficient (Wildman–Crippen LogP) is -6.20. The molecule has 0 bridgehead atoms. The zero-order valence-corrected chi connectivity index (χ0v) is 32.8. The van der Waals surface area contributed by atoms with Crippen molar-refractivity contribution >= 4 is 53.3 Å². The molecule has 1 aromatic carbocycles. The number of rotatable bonds is 16. The second kappa shape index (κ2) is 23.5. The Balaban J connectivity index is 1.84. The van der Waals surface area contributed by atoms with Crippen LogP contribution in [0.1, 0.15) is 51.0 Å². The van der Waals surface area contributed by atoms with Crippen LogP contribution in [0.4, 0.5) is 0 Å². The Morgan fingerprint density at radius 3 is 2.02 bits per heavy atom. The first-order chi connectivity index (χ1) is 28.4. The second-order valence-electron chi connectivity index (χ2n) is 14.2. The lowest BCUT2D eigenvalue weighted by molar-refractivity contribution is -0.219. The predicted molar refractivity (Wildman–Crippen MR) is 207 cm³/mol. The molecular formula is C36H54N10O14. The van der Waals surface area contributed by atoms with Gasteiger partial charge in [0.15, 0.2) is 12.1 Å². The number of aliphatic hydroxyl groups is 3. The summed E-state index contributed by atoms with van der Waals surface area (Å²) in [6.07, 6.45) is -8.81. The van der Waals surface area contributed by atoms with E-state index in [1.165, 1.54) is 31.2 Å². The molecule has 0 aliphatic carbocycles. The topological polar surface area (TPSA) is 396 Å². The molecule has 2 fully saturated rings. The van der Waals surface area contributed by atoms with Gasteiger partial charge in [-0.2, -0.15) is 0 Å². The zero-order chi connectivity index (χ0) is 44.5. The number of carboxylic acid groups (broad SMARTS) is 1. The van der Waals surface area contributed by atoms with E-state index in [4.69, 9.17) is 16.2 Å². The van der Waals surface area contributed by atoms with Crippen LogP contribution in [-0.2, 0) is 49.5 Å². The van der Waals surface area contributed by atoms with E-state index in [1.807, 2.05) is 0 Å². The molecule has 7 amide bonds. The number of phenols is 1. The van der Waals surface area contributed by atoms with Gasteiger partial charge in [0, 0.05) is 33.0 Å². The smallest absolute Gasteiger partial charge is 0.305 e. The number of carbonyl (C=O) groups excluding carboxylic acids is 7. The van der Waals surface area contributed by atoms with E-state index in [1.54, 1.807) is 0 Å². The van der Waals surface area contributed by atoms with Crippen LogP contribution in [0.25, 0.3) is 0 Å². The molecule has 24 nitrogen and oxygen atoms in total. The zero-order valence-electron chi connectivity index (χ0n) is 32.8. The third-order valence-corrected chi connectivity index (χ3v) is 9.42. The number of unbranched alkanes of at least 4 members (excludes halogenated alkanes) is 1. The highest BCUT2D eigenvalue weighted by atomic mass is 16.5. The van der Waals surface area contributed by atoms with Gasteiger partial charge in [-0.1, -0.05) is 12.1 Å². The fraction of sp³-hybridized carbons (Fsp3) is 0.583. The Kier molecular flexibility index (Phi) is 18.9. The van der Waals surface area contributed by atoms with E-state index >= 15 is 0 Å². The third kappa shape index (κ3) is 15.6. The molecule has 24 heteroatoms. The molecule has 2 aliphatic rings. The van der Waals surface area contributed by atoms with Gasteiger partial charge in [-0.25, -0.2) is 0 Å². The molecule has 3 rings (SSSR count). The standard InChI is InChI=1S/C36H54N10O14/c1-17(47)41-15-24-27(52)28(53)29(54)30(60-24)35(59)39-11-3-2-5-21-32(56)44-20(6-4-12-40-36(37)38)31(55)42-16-25(49)43-23(14-26(50)51)34(58)46-22(33(57)45-21)13-18-7-9-19(48)10-8-18/h7-10,20-24,27-30,48,52-54H,2-6,11-16H2,1H3,(H,39,59)(H,41,47)(H,42,55)(H,43,49)(H,44,56)(H,45,57)(H,46,58)(H,50,51)(H4,37,38,40)/t20-,21-,22+,23-,24+,27+,28-,29-,30+/m0/s1. The van der Waals surface area contributed by atoms with Gasteiger partial charge in [0.2, 0.25) is 35.4 Å². The summed E-state index contributed by atoms with van der Waals surface area (Å²) in [7, 11) is 0. The summed E-state index contributed by atoms with van der Waals surface area (Å²) < 4.78 is 5.49. The summed E-state index contributed by atoms with van der Waals surface area (Å²) in [5, 5.41) is 67.4. The van der Waals surface area contributed by atoms with Gasteiger partial charge in [0.1, 0.15) is 54.3 Å². The number of phenolic OH excluding ortho intramolecular Hbond substituents is 1. The van der Waals surface area contributed by atoms with Crippen molar-refractivity contribution in [3.05, 3.63) is 29.8 Å². The van der Waals surface area contributed by atoms with Crippen molar-refractivity contribution in [2.45, 2.75) is 107 Å². The van der Waals surface area contributed by atoms with Crippen LogP contribution < -0.4 is 48.7 Å². The average Bonchev–Trinajstić information content (AvgIpc) is 3.18. The molecule has 0 aromatic heterocycles. The molecule has 0 spiro atoms. The van der Waals surface area contributed by atoms with Crippen LogP contribution in [0.2, 0.25) is 0 Å². The molecule has 9 atom stereocenters. The number of hydrogen-bond donors (Lipinski definition) is 14. The SMILES string of the molecule is CC(=O)NC[C@H]1O[C@@H](C(=O)NCCCC[C@@H]2NC(=O)[C@@H](Cc3ccc(O)cc3)NC(=O)[C@H](CC(=O)O)NC(=O)CNC(=O)[C@H](CCCN=C(N)N)NC2=O)[C@@H](O)[C@@H](O)[C@@H]1O. The van der Waals surface area contributed by atoms with Crippen LogP contribution in [-0.4, -0.2) is 160 Å². The number of guanidine groups is 1. The first-order valence-corrected chi connectivity index (χ1v) is 19.1. The van der Waals surface area contributed by atoms with E-state index in [0.717, 1.165) is 0 Å². The Morgan fingerprint density at radius 2 is 1.38 bits per heavy atom. The number of carboxylic acids is 1. The lowest BCUT2D eigenvalue weighted by Crippen LogP contribution is -2.63. The summed E-state index contributed by atoms with van der Waals surface area (Å²) in [6, 6.07) is -0.235. The first kappa shape index (κ1) is 48.3. The monoisotopic (exact) mass is 850 g/mol. The van der Waals surface area contributed by atoms with Crippen molar-refractivity contribution in [2.24, 2.45) is 16.5 Å². The van der Waals surface area contributed by atoms with Gasteiger partial charge in [-0.05, 0) is 49.8 Å². The fourth-order valence-corrected chi connectivity index (χ4v) is 6.22. The molecule has 0 unspecified atom stereocenters. The second-order valence-corrected chi connectivity index (χ2v) is 14.2. The van der Waals surface area contributed by atoms with E-state index in [-0.39, 0.29) is 69.9 Å². The Morgan fingerprint density at radius 1 is 0.783 bits per heavy atom. The van der Waals surface area contributed by atoms with Gasteiger partial charge >= 0.3 is 5.97 Å². The minimum Gasteiger partial charge on any atom is -0.508 e. The number of aliphatic carboxylic acids is 1. The van der Waals surface area contributed by atoms with Crippen molar-refractivity contribution in [1.82, 2.24) is 37.2 Å². The number of aromatic hydroxyl groups is 1. The molecular weight excluding hydrogens is 796 g/mol. The Bertz CT molecular complexity index is 1730. The molecule has 1 aromatic rings. The van der Waals surface area contributed by atoms with E-state index in [2.05, 4.69) is 42.2 Å². The number of benzene rings is 1. The van der Waals surface area contributed by atoms with Crippen molar-refractivity contribution in [3.63, 3.8) is 0 Å². The summed E-state index contributed by atoms with van der Waals surface area (Å²) >= 11 is 0. The Labute approximate surface area is 343 Å². The third-order valence-electron chi connectivity index (χ3n) is 9.42. The van der Waals surface area contributed by atoms with Crippen molar-refractivity contribution in [1.29, 1.82) is 0 Å². The van der Waals surface area contributed by atoms with E-state index < -0.39 is 115 Å². The molecule has 60 heavy (non-hydrogen) atoms. The number of nitrogens with two attached hydrogens (primary N) is 2. The van der Waals surface area contributed by atoms with Crippen LogP contribution in [0.5, 0.6) is 5.75 Å². The maximum absolute atomic E-state index is 14.0. The van der Waals surface area contributed by atoms with Gasteiger partial charge < -0.3 is 79.0 Å². The van der Waals surface area contributed by atoms with Crippen molar-refractivity contribution in [2.75, 3.05) is 26.2 Å². The van der Waals surface area contributed by atoms with E-state index in [9.17, 15) is 63.9 Å². The van der Waals surface area contributed by atoms with Gasteiger partial charge in [0.05, 0.1) is 13.0 Å². The van der Waals surface area contributed by atoms with Crippen molar-refractivity contribution in [3.8, 4) is 5.75 Å². The lowest BCUT2D eigenvalue weighted by atomic mass is 9.94. The van der Waals surface area contributed by atoms with Crippen molar-refractivity contribution < 1.29 is 68.6 Å². The van der Waals surface area contributed by atoms with Gasteiger partial charge in [-0.3, -0.25) is 43.3 Å². The molecule has 332 valence electrons. The number of amides is 7. The normalized spacial score (nSPS) is 26.7. The van der Waals surface area contributed by atoms with Crippen LogP contribution in [0, 0.1) is 0 Å². The fourth-order valence-electron chi connectivity index (χ4n) is 6.22. The number of carbonyl (C=O) groups is 8. The van der Waals surface area contributed by atoms with Crippen LogP contribution in [0.3, 0.4) is 0 Å². The molecule has 0 saturated carbocycles. The van der Waals surface area contributed by atoms with Crippen LogP contribution >= 0.6 is 0 Å². The van der Waals surface area contributed by atoms with Crippen LogP contribution in [0.15, 0.2) is 29.3 Å². The molecule has 2 saturated heterocycles. The quantitative estimate of drug-likeness (QED) is 0.0418. The maximum atomic E-state index is 14.0. The average molecular weight is 851 g/mol. The number of aliphatic hydroxyl groups excluding tert-OH is 3. The molecule has 2 heterocycles. The number of ether oxygens (including phenoxy) is 1. The number of nitrogens with one attached hydrogen (secondary N) is 7. The largest absolute Gasteiger partial charge is 0.508 e. The number of hydrogen-bond acceptors (Lipinski definition) is 14. The number of aliphatic imine (C=N–C) groups is 1. The van der Waals surface area contributed by atoms with Gasteiger partial charge in [0.25, 0.3) is 5.91 Å². The summed E-state index contributed by atoms with van der Waals surface area (Å²) in [5.41, 5.74) is 11.2. The maximum Gasteiger partial charge on any atom is 0.305 e. The highest BCUT2D eigenvalue weighted by molar-refractivity contribution is 5.98. The first-order valence-electron chi connectivity index (χ1n) is 19.1. The summed E-state index contributed by atoms with van der Waals surface area (Å²) in [6.45, 7) is 0.242. The summed E-state index contributed by atoms with van der Waals surface area (Å²) in [4.78, 5) is 107. The minimum atomic E-state index is -1.81. The highest BCUT2D eigenvalue weighted by Crippen LogP contribution is 2.21. The molecule has 2 aliphatic heterocycles. The molecule has 0 radical (unpaired) electrons. The highest BCUT2D eigenvalue weighted by Gasteiger charge is 2.46. The molecule has 16 N–H and O–H groups in total. The minimum absolute atomic E-state index is 0.0414.